The predicted octanol–water partition coefficient (Wildman–Crippen LogP) is 2.42. The van der Waals surface area contributed by atoms with Gasteiger partial charge < -0.3 is 47.4 Å². The summed E-state index contributed by atoms with van der Waals surface area (Å²) in [4.78, 5) is 85.6. The molecule has 1 aromatic carbocycles. The van der Waals surface area contributed by atoms with Gasteiger partial charge in [0.15, 0.2) is 36.8 Å². The van der Waals surface area contributed by atoms with Gasteiger partial charge in [-0.15, -0.1) is 0 Å². The Kier molecular flexibility index (Phi) is 15.6. The van der Waals surface area contributed by atoms with Crippen LogP contribution in [0.25, 0.3) is 0 Å². The highest BCUT2D eigenvalue weighted by atomic mass is 32.2. The third kappa shape index (κ3) is 12.8. The minimum absolute atomic E-state index is 0.0151. The van der Waals surface area contributed by atoms with E-state index in [4.69, 9.17) is 47.4 Å². The van der Waals surface area contributed by atoms with E-state index in [2.05, 4.69) is 0 Å². The molecule has 2 aliphatic rings. The number of esters is 7. The lowest BCUT2D eigenvalue weighted by Crippen LogP contribution is -2.66. The summed E-state index contributed by atoms with van der Waals surface area (Å²) in [6, 6.07) is 4.08. The fourth-order valence-corrected chi connectivity index (χ4v) is 6.61. The second-order valence-corrected chi connectivity index (χ2v) is 13.0. The zero-order chi connectivity index (χ0) is 40.5. The molecule has 54 heavy (non-hydrogen) atoms. The summed E-state index contributed by atoms with van der Waals surface area (Å²) in [7, 11) is 0. The van der Waals surface area contributed by atoms with Crippen molar-refractivity contribution in [3.63, 3.8) is 0 Å². The van der Waals surface area contributed by atoms with Crippen LogP contribution < -0.4 is 0 Å². The largest absolute Gasteiger partial charge is 0.463 e. The lowest BCUT2D eigenvalue weighted by Gasteiger charge is -2.48. The summed E-state index contributed by atoms with van der Waals surface area (Å²) in [5, 5.41) is 0. The molecule has 0 aromatic heterocycles. The number of halogens is 3. The monoisotopic (exact) mass is 796 g/mol. The number of hydrogen-bond acceptors (Lipinski definition) is 18. The van der Waals surface area contributed by atoms with Crippen LogP contribution in [0.1, 0.15) is 54.0 Å². The molecule has 0 bridgehead atoms. The Hall–Kier alpha value is -4.47. The summed E-state index contributed by atoms with van der Waals surface area (Å²) in [5.41, 5.74) is -2.46. The number of ether oxygens (including phenoxy) is 10. The topological polar surface area (TPSA) is 212 Å². The van der Waals surface area contributed by atoms with E-state index in [1.54, 1.807) is 0 Å². The van der Waals surface area contributed by atoms with Gasteiger partial charge in [0.25, 0.3) is 0 Å². The van der Waals surface area contributed by atoms with Crippen LogP contribution in [0.4, 0.5) is 13.2 Å². The molecule has 0 N–H and O–H groups in total. The molecule has 0 spiro atoms. The van der Waals surface area contributed by atoms with Gasteiger partial charge in [-0.1, -0.05) is 17.8 Å². The molecule has 0 aliphatic carbocycles. The standard InChI is InChI=1S/C33H39F3O17S/c1-14(37)44-12-23-25(46-16(3)39)27(47-17(4)40)29(49-19(6)42)31(51-23)53-26-24(13-45-15(2)38)52-32(30(50-20(7)43)28(26)48-18(5)41)54-22-10-8-9-21(11-22)33(34,35)36/h8-11,23-32H,12-13H2,1-7H3/t23-,24-,25-,26-,27+,28+,29-,30-,31-,32+/m1/s1. The van der Waals surface area contributed by atoms with Crippen molar-refractivity contribution >= 4 is 53.5 Å². The first-order valence-electron chi connectivity index (χ1n) is 16.1. The Bertz CT molecular complexity index is 1550. The van der Waals surface area contributed by atoms with Crippen LogP contribution >= 0.6 is 11.8 Å². The molecule has 2 saturated heterocycles. The maximum absolute atomic E-state index is 13.6. The Morgan fingerprint density at radius 2 is 1.04 bits per heavy atom. The molecule has 0 radical (unpaired) electrons. The fourth-order valence-electron chi connectivity index (χ4n) is 5.45. The summed E-state index contributed by atoms with van der Waals surface area (Å²) in [6.07, 6.45) is -19.7. The fraction of sp³-hybridized carbons (Fsp3) is 0.606. The summed E-state index contributed by atoms with van der Waals surface area (Å²) in [5.74, 6) is -6.36. The number of alkyl halides is 3. The lowest BCUT2D eigenvalue weighted by molar-refractivity contribution is -0.341. The number of benzene rings is 1. The van der Waals surface area contributed by atoms with Crippen molar-refractivity contribution in [2.24, 2.45) is 0 Å². The minimum atomic E-state index is -4.72. The highest BCUT2D eigenvalue weighted by Gasteiger charge is 2.57. The van der Waals surface area contributed by atoms with Crippen molar-refractivity contribution in [2.45, 2.75) is 120 Å². The van der Waals surface area contributed by atoms with Crippen LogP contribution in [0.2, 0.25) is 0 Å². The highest BCUT2D eigenvalue weighted by molar-refractivity contribution is 7.99. The summed E-state index contributed by atoms with van der Waals surface area (Å²) >= 11 is 0.652. The van der Waals surface area contributed by atoms with Crippen LogP contribution in [-0.2, 0) is 87.1 Å². The van der Waals surface area contributed by atoms with E-state index in [0.717, 1.165) is 66.7 Å². The van der Waals surface area contributed by atoms with Crippen LogP contribution in [0.15, 0.2) is 29.2 Å². The molecule has 3 rings (SSSR count). The molecule has 300 valence electrons. The molecule has 10 atom stereocenters. The van der Waals surface area contributed by atoms with E-state index in [0.29, 0.717) is 11.8 Å². The molecule has 17 nitrogen and oxygen atoms in total. The third-order valence-electron chi connectivity index (χ3n) is 7.30. The summed E-state index contributed by atoms with van der Waals surface area (Å²) < 4.78 is 96.7. The SMILES string of the molecule is CC(=O)OC[C@H]1O[C@@H](Sc2cccc(C(F)(F)F)c2)[C@H](OC(C)=O)[C@@H](OC(C)=O)[C@@H]1O[C@H]1O[C@H](COC(C)=O)[C@@H](OC(C)=O)[C@H](OC(C)=O)[C@H]1OC(C)=O. The first-order chi connectivity index (χ1) is 25.2. The van der Waals surface area contributed by atoms with Crippen LogP contribution in [0.5, 0.6) is 0 Å². The first kappa shape index (κ1) is 43.9. The van der Waals surface area contributed by atoms with E-state index in [9.17, 15) is 46.7 Å². The number of carbonyl (C=O) groups is 7. The van der Waals surface area contributed by atoms with Gasteiger partial charge >= 0.3 is 48.0 Å². The smallest absolute Gasteiger partial charge is 0.416 e. The van der Waals surface area contributed by atoms with Gasteiger partial charge in [0.05, 0.1) is 5.56 Å². The average molecular weight is 797 g/mol. The van der Waals surface area contributed by atoms with Crippen molar-refractivity contribution in [3.05, 3.63) is 29.8 Å². The van der Waals surface area contributed by atoms with E-state index in [1.165, 1.54) is 6.07 Å². The van der Waals surface area contributed by atoms with Crippen molar-refractivity contribution in [2.75, 3.05) is 13.2 Å². The molecule has 2 fully saturated rings. The molecule has 0 unspecified atom stereocenters. The van der Waals surface area contributed by atoms with E-state index in [1.807, 2.05) is 0 Å². The van der Waals surface area contributed by atoms with Crippen molar-refractivity contribution in [1.29, 1.82) is 0 Å². The van der Waals surface area contributed by atoms with Crippen LogP contribution in [-0.4, -0.2) is 116 Å². The van der Waals surface area contributed by atoms with Gasteiger partial charge in [0.1, 0.15) is 37.0 Å². The average Bonchev–Trinajstić information content (AvgIpc) is 3.03. The molecular weight excluding hydrogens is 757 g/mol. The molecule has 2 aliphatic heterocycles. The molecule has 0 amide bonds. The maximum Gasteiger partial charge on any atom is 0.416 e. The third-order valence-corrected chi connectivity index (χ3v) is 8.44. The number of thioether (sulfide) groups is 1. The van der Waals surface area contributed by atoms with E-state index >= 15 is 0 Å². The van der Waals surface area contributed by atoms with Crippen molar-refractivity contribution in [1.82, 2.24) is 0 Å². The second kappa shape index (κ2) is 19.2. The molecular formula is C33H39F3O17S. The van der Waals surface area contributed by atoms with Crippen LogP contribution in [0.3, 0.4) is 0 Å². The van der Waals surface area contributed by atoms with Gasteiger partial charge in [0.2, 0.25) is 0 Å². The van der Waals surface area contributed by atoms with E-state index < -0.39 is 127 Å². The highest BCUT2D eigenvalue weighted by Crippen LogP contribution is 2.41. The van der Waals surface area contributed by atoms with Crippen molar-refractivity contribution in [3.8, 4) is 0 Å². The van der Waals surface area contributed by atoms with Gasteiger partial charge in [-0.05, 0) is 18.2 Å². The number of rotatable bonds is 13. The number of carbonyl (C=O) groups excluding carboxylic acids is 7. The Morgan fingerprint density at radius 3 is 1.52 bits per heavy atom. The quantitative estimate of drug-likeness (QED) is 0.207. The summed E-state index contributed by atoms with van der Waals surface area (Å²) in [6.45, 7) is 5.81. The van der Waals surface area contributed by atoms with Crippen LogP contribution in [0, 0.1) is 0 Å². The van der Waals surface area contributed by atoms with E-state index in [-0.39, 0.29) is 4.90 Å². The first-order valence-corrected chi connectivity index (χ1v) is 17.0. The van der Waals surface area contributed by atoms with Gasteiger partial charge in [-0.25, -0.2) is 0 Å². The Morgan fingerprint density at radius 1 is 0.593 bits per heavy atom. The van der Waals surface area contributed by atoms with Gasteiger partial charge in [-0.3, -0.25) is 33.6 Å². The minimum Gasteiger partial charge on any atom is -0.463 e. The lowest BCUT2D eigenvalue weighted by atomic mass is 9.96. The molecule has 0 saturated carbocycles. The zero-order valence-corrected chi connectivity index (χ0v) is 30.8. The molecule has 21 heteroatoms. The Labute approximate surface area is 310 Å². The van der Waals surface area contributed by atoms with Gasteiger partial charge in [0, 0.05) is 53.4 Å². The zero-order valence-electron chi connectivity index (χ0n) is 30.0. The van der Waals surface area contributed by atoms with Crippen molar-refractivity contribution < 1.29 is 94.1 Å². The number of hydrogen-bond donors (Lipinski definition) is 0. The second-order valence-electron chi connectivity index (χ2n) is 11.8. The Balaban J connectivity index is 2.19. The predicted molar refractivity (Wildman–Crippen MR) is 171 cm³/mol. The normalized spacial score (nSPS) is 28.1. The maximum atomic E-state index is 13.6. The molecule has 2 heterocycles. The van der Waals surface area contributed by atoms with Gasteiger partial charge in [-0.2, -0.15) is 13.2 Å². The molecule has 1 aromatic rings.